The minimum absolute atomic E-state index is 0.0381. The lowest BCUT2D eigenvalue weighted by molar-refractivity contribution is -0.120. The van der Waals surface area contributed by atoms with Crippen LogP contribution >= 0.6 is 11.3 Å². The number of carbonyl (C=O) groups excluding carboxylic acids is 1. The highest BCUT2D eigenvalue weighted by molar-refractivity contribution is 7.13. The van der Waals surface area contributed by atoms with Crippen LogP contribution in [-0.4, -0.2) is 29.0 Å². The molecule has 1 N–H and O–H groups in total. The first-order valence-corrected chi connectivity index (χ1v) is 8.92. The normalized spacial score (nSPS) is 10.7. The Morgan fingerprint density at radius 3 is 3.04 bits per heavy atom. The van der Waals surface area contributed by atoms with E-state index in [1.807, 2.05) is 35.7 Å². The molecule has 3 aromatic rings. The lowest BCUT2D eigenvalue weighted by Crippen LogP contribution is -2.26. The van der Waals surface area contributed by atoms with Crippen molar-refractivity contribution in [2.24, 2.45) is 0 Å². The van der Waals surface area contributed by atoms with Gasteiger partial charge < -0.3 is 14.5 Å². The van der Waals surface area contributed by atoms with Gasteiger partial charge in [0.15, 0.2) is 0 Å². The van der Waals surface area contributed by atoms with E-state index in [-0.39, 0.29) is 12.3 Å². The molecule has 0 aliphatic carbocycles. The van der Waals surface area contributed by atoms with E-state index in [0.29, 0.717) is 19.8 Å². The Balaban J connectivity index is 1.33. The van der Waals surface area contributed by atoms with Gasteiger partial charge in [-0.25, -0.2) is 4.98 Å². The molecule has 0 aliphatic heterocycles. The number of ether oxygens (including phenoxy) is 1. The van der Waals surface area contributed by atoms with Gasteiger partial charge in [0, 0.05) is 24.7 Å². The highest BCUT2D eigenvalue weighted by Gasteiger charge is 2.09. The number of furan rings is 1. The summed E-state index contributed by atoms with van der Waals surface area (Å²) in [5.74, 6) is 0.764. The molecular formula is C18H19N3O3S. The van der Waals surface area contributed by atoms with E-state index in [1.165, 1.54) is 11.3 Å². The smallest absolute Gasteiger partial charge is 0.226 e. The molecule has 0 saturated carbocycles. The van der Waals surface area contributed by atoms with Gasteiger partial charge >= 0.3 is 0 Å². The van der Waals surface area contributed by atoms with E-state index in [2.05, 4.69) is 15.3 Å². The number of pyridine rings is 1. The number of nitrogens with zero attached hydrogens (tertiary/aromatic N) is 2. The SMILES string of the molecule is O=C(Cc1csc(-c2ccccn2)n1)NCCCOCc1ccco1. The molecule has 0 aliphatic rings. The van der Waals surface area contributed by atoms with Crippen LogP contribution in [0.3, 0.4) is 0 Å². The zero-order valence-corrected chi connectivity index (χ0v) is 14.5. The summed E-state index contributed by atoms with van der Waals surface area (Å²) in [4.78, 5) is 20.7. The first-order valence-electron chi connectivity index (χ1n) is 8.04. The molecule has 25 heavy (non-hydrogen) atoms. The maximum absolute atomic E-state index is 12.0. The van der Waals surface area contributed by atoms with Gasteiger partial charge in [-0.05, 0) is 30.7 Å². The molecule has 0 bridgehead atoms. The quantitative estimate of drug-likeness (QED) is 0.596. The van der Waals surface area contributed by atoms with Gasteiger partial charge in [0.05, 0.1) is 24.1 Å². The standard InChI is InChI=1S/C18H19N3O3S/c22-17(20-8-4-9-23-12-15-5-3-10-24-15)11-14-13-25-18(21-14)16-6-1-2-7-19-16/h1-3,5-7,10,13H,4,8-9,11-12H2,(H,20,22). The van der Waals surface area contributed by atoms with Crippen LogP contribution in [0.25, 0.3) is 10.7 Å². The highest BCUT2D eigenvalue weighted by Crippen LogP contribution is 2.21. The zero-order chi connectivity index (χ0) is 17.3. The Labute approximate surface area is 149 Å². The summed E-state index contributed by atoms with van der Waals surface area (Å²) in [6.45, 7) is 1.60. The fourth-order valence-electron chi connectivity index (χ4n) is 2.19. The van der Waals surface area contributed by atoms with Crippen LogP contribution in [0.5, 0.6) is 0 Å². The van der Waals surface area contributed by atoms with Crippen molar-refractivity contribution in [2.75, 3.05) is 13.2 Å². The molecule has 0 saturated heterocycles. The van der Waals surface area contributed by atoms with Crippen molar-refractivity contribution in [2.45, 2.75) is 19.4 Å². The van der Waals surface area contributed by atoms with Crippen LogP contribution in [0.1, 0.15) is 17.9 Å². The molecule has 0 fully saturated rings. The lowest BCUT2D eigenvalue weighted by Gasteiger charge is -2.04. The summed E-state index contributed by atoms with van der Waals surface area (Å²) in [6.07, 6.45) is 4.38. The molecule has 130 valence electrons. The first-order chi connectivity index (χ1) is 12.3. The van der Waals surface area contributed by atoms with Gasteiger partial charge in [-0.2, -0.15) is 0 Å². The average Bonchev–Trinajstić information content (AvgIpc) is 3.31. The second kappa shape index (κ2) is 9.10. The Morgan fingerprint density at radius 2 is 2.24 bits per heavy atom. The predicted molar refractivity (Wildman–Crippen MR) is 95.0 cm³/mol. The van der Waals surface area contributed by atoms with E-state index in [4.69, 9.17) is 9.15 Å². The second-order valence-electron chi connectivity index (χ2n) is 5.37. The van der Waals surface area contributed by atoms with Gasteiger partial charge in [0.25, 0.3) is 0 Å². The minimum Gasteiger partial charge on any atom is -0.467 e. The molecule has 6 nitrogen and oxygen atoms in total. The molecular weight excluding hydrogens is 338 g/mol. The molecule has 0 spiro atoms. The van der Waals surface area contributed by atoms with Gasteiger partial charge in [0.2, 0.25) is 5.91 Å². The molecule has 7 heteroatoms. The maximum Gasteiger partial charge on any atom is 0.226 e. The number of amides is 1. The summed E-state index contributed by atoms with van der Waals surface area (Å²) >= 11 is 1.50. The van der Waals surface area contributed by atoms with Crippen molar-refractivity contribution in [1.29, 1.82) is 0 Å². The van der Waals surface area contributed by atoms with Crippen LogP contribution in [0.2, 0.25) is 0 Å². The topological polar surface area (TPSA) is 77.2 Å². The van der Waals surface area contributed by atoms with Crippen molar-refractivity contribution in [3.63, 3.8) is 0 Å². The third-order valence-electron chi connectivity index (χ3n) is 3.39. The van der Waals surface area contributed by atoms with Crippen LogP contribution < -0.4 is 5.32 Å². The third kappa shape index (κ3) is 5.51. The maximum atomic E-state index is 12.0. The monoisotopic (exact) mass is 357 g/mol. The number of aromatic nitrogens is 2. The summed E-state index contributed by atoms with van der Waals surface area (Å²) < 4.78 is 10.6. The van der Waals surface area contributed by atoms with Crippen LogP contribution in [-0.2, 0) is 22.6 Å². The van der Waals surface area contributed by atoms with Gasteiger partial charge in [-0.15, -0.1) is 11.3 Å². The van der Waals surface area contributed by atoms with Gasteiger partial charge in [-0.3, -0.25) is 9.78 Å². The molecule has 1 amide bonds. The Bertz CT molecular complexity index is 772. The van der Waals surface area contributed by atoms with Crippen LogP contribution in [0.15, 0.2) is 52.6 Å². The fraction of sp³-hybridized carbons (Fsp3) is 0.278. The lowest BCUT2D eigenvalue weighted by atomic mass is 10.3. The van der Waals surface area contributed by atoms with Crippen molar-refractivity contribution in [3.8, 4) is 10.7 Å². The third-order valence-corrected chi connectivity index (χ3v) is 4.30. The number of hydrogen-bond acceptors (Lipinski definition) is 6. The van der Waals surface area contributed by atoms with E-state index in [9.17, 15) is 4.79 Å². The predicted octanol–water partition coefficient (Wildman–Crippen LogP) is 3.06. The Kier molecular flexibility index (Phi) is 6.30. The number of carbonyl (C=O) groups is 1. The highest BCUT2D eigenvalue weighted by atomic mass is 32.1. The molecule has 0 unspecified atom stereocenters. The van der Waals surface area contributed by atoms with Crippen molar-refractivity contribution in [1.82, 2.24) is 15.3 Å². The summed E-state index contributed by atoms with van der Waals surface area (Å²) in [7, 11) is 0. The van der Waals surface area contributed by atoms with E-state index < -0.39 is 0 Å². The molecule has 0 aromatic carbocycles. The fourth-order valence-corrected chi connectivity index (χ4v) is 2.99. The number of hydrogen-bond donors (Lipinski definition) is 1. The number of thiazole rings is 1. The van der Waals surface area contributed by atoms with E-state index in [0.717, 1.165) is 28.6 Å². The molecule has 3 heterocycles. The van der Waals surface area contributed by atoms with E-state index >= 15 is 0 Å². The summed E-state index contributed by atoms with van der Waals surface area (Å²) in [6, 6.07) is 9.39. The van der Waals surface area contributed by atoms with Crippen molar-refractivity contribution in [3.05, 3.63) is 59.6 Å². The van der Waals surface area contributed by atoms with Crippen molar-refractivity contribution >= 4 is 17.2 Å². The zero-order valence-electron chi connectivity index (χ0n) is 13.7. The summed E-state index contributed by atoms with van der Waals surface area (Å²) in [5, 5.41) is 5.61. The van der Waals surface area contributed by atoms with E-state index in [1.54, 1.807) is 12.5 Å². The van der Waals surface area contributed by atoms with Gasteiger partial charge in [0.1, 0.15) is 17.4 Å². The first kappa shape index (κ1) is 17.3. The van der Waals surface area contributed by atoms with Gasteiger partial charge in [-0.1, -0.05) is 6.07 Å². The van der Waals surface area contributed by atoms with Crippen LogP contribution in [0.4, 0.5) is 0 Å². The van der Waals surface area contributed by atoms with Crippen molar-refractivity contribution < 1.29 is 13.9 Å². The number of rotatable bonds is 9. The molecule has 0 atom stereocenters. The Morgan fingerprint density at radius 1 is 1.28 bits per heavy atom. The number of nitrogens with one attached hydrogen (secondary N) is 1. The molecule has 3 rings (SSSR count). The largest absolute Gasteiger partial charge is 0.467 e. The summed E-state index contributed by atoms with van der Waals surface area (Å²) in [5.41, 5.74) is 1.59. The molecule has 3 aromatic heterocycles. The average molecular weight is 357 g/mol. The second-order valence-corrected chi connectivity index (χ2v) is 6.23. The Hall–Kier alpha value is -2.51. The minimum atomic E-state index is -0.0381. The molecule has 0 radical (unpaired) electrons. The van der Waals surface area contributed by atoms with Crippen LogP contribution in [0, 0.1) is 0 Å².